The number of pyridine rings is 1. The van der Waals surface area contributed by atoms with E-state index in [-0.39, 0.29) is 19.1 Å². The average molecular weight is 666 g/mol. The lowest BCUT2D eigenvalue weighted by Gasteiger charge is -2.08. The second-order valence-electron chi connectivity index (χ2n) is 11.6. The van der Waals surface area contributed by atoms with Crippen LogP contribution in [0.3, 0.4) is 0 Å². The molecule has 0 bridgehead atoms. The zero-order chi connectivity index (χ0) is 36.9. The molecule has 0 atom stereocenters. The van der Waals surface area contributed by atoms with Crippen molar-refractivity contribution in [2.75, 3.05) is 0 Å². The van der Waals surface area contributed by atoms with Crippen LogP contribution in [-0.2, 0) is 0 Å². The summed E-state index contributed by atoms with van der Waals surface area (Å²) in [5.74, 6) is 2.19. The molecule has 0 unspecified atom stereocenters. The lowest BCUT2D eigenvalue weighted by molar-refractivity contribution is 0.0939. The number of hydrogen-bond acceptors (Lipinski definition) is 2. The molecular weight excluding hydrogens is 595 g/mol. The van der Waals surface area contributed by atoms with Crippen molar-refractivity contribution in [2.45, 2.75) is 122 Å². The fourth-order valence-corrected chi connectivity index (χ4v) is 4.28. The Kier molecular flexibility index (Phi) is 31.5. The van der Waals surface area contributed by atoms with Gasteiger partial charge in [-0.15, -0.1) is 0 Å². The Hall–Kier alpha value is -4.04. The van der Waals surface area contributed by atoms with Crippen molar-refractivity contribution in [1.82, 2.24) is 4.98 Å². The number of hydrogen-bond donors (Lipinski definition) is 0. The van der Waals surface area contributed by atoms with Crippen LogP contribution in [0.1, 0.15) is 149 Å². The maximum absolute atomic E-state index is 11.3. The quantitative estimate of drug-likeness (QED) is 0.175. The molecule has 0 amide bonds. The summed E-state index contributed by atoms with van der Waals surface area (Å²) in [6.45, 7) is 29.1. The van der Waals surface area contributed by atoms with Gasteiger partial charge in [0.25, 0.3) is 0 Å². The Labute approximate surface area is 303 Å². The van der Waals surface area contributed by atoms with E-state index >= 15 is 0 Å². The van der Waals surface area contributed by atoms with Crippen molar-refractivity contribution in [3.05, 3.63) is 150 Å². The SMILES string of the molecule is C.CC.CC.CC.CC(C)C(=O)c1ccccc1.CC(C)c1cccc2ccccc12.CC(C)c1ccccc1.CC(C)c1ccncc1. The molecule has 0 fully saturated rings. The monoisotopic (exact) mass is 666 g/mol. The molecule has 2 heteroatoms. The topological polar surface area (TPSA) is 30.0 Å². The fraction of sp³-hybridized carbons (Fsp3) is 0.404. The zero-order valence-corrected chi connectivity index (χ0v) is 32.8. The smallest absolute Gasteiger partial charge is 0.165 e. The molecule has 0 N–H and O–H groups in total. The average Bonchev–Trinajstić information content (AvgIpc) is 3.15. The first-order chi connectivity index (χ1) is 23.1. The Morgan fingerprint density at radius 3 is 1.29 bits per heavy atom. The third-order valence-electron chi connectivity index (χ3n) is 6.87. The summed E-state index contributed by atoms with van der Waals surface area (Å²) < 4.78 is 0. The molecule has 1 heterocycles. The number of ketones is 1. The summed E-state index contributed by atoms with van der Waals surface area (Å²) in [5, 5.41) is 2.73. The van der Waals surface area contributed by atoms with E-state index in [1.165, 1.54) is 27.5 Å². The zero-order valence-electron chi connectivity index (χ0n) is 32.8. The van der Waals surface area contributed by atoms with Crippen LogP contribution in [0.5, 0.6) is 0 Å². The third-order valence-corrected chi connectivity index (χ3v) is 6.87. The van der Waals surface area contributed by atoms with E-state index in [4.69, 9.17) is 0 Å². The largest absolute Gasteiger partial charge is 0.294 e. The summed E-state index contributed by atoms with van der Waals surface area (Å²) in [7, 11) is 0. The highest BCUT2D eigenvalue weighted by Crippen LogP contribution is 2.24. The molecule has 0 aliphatic heterocycles. The van der Waals surface area contributed by atoms with Gasteiger partial charge in [0, 0.05) is 23.9 Å². The standard InChI is InChI=1S/C13H14.C10H12O.C9H12.C8H11N.3C2H6.CH4/c1-10(2)12-9-5-7-11-6-3-4-8-13(11)12;1-8(2)10(11)9-6-4-3-5-7-9;1-8(2)9-6-4-3-5-7-9;1-7(2)8-3-5-9-6-4-8;3*1-2;/h3-10H,1-2H3;3-8H,1-2H3;3-8H,1-2H3;3-7H,1-2H3;3*1-2H3;1H4. The lowest BCUT2D eigenvalue weighted by atomic mass is 9.96. The number of aromatic nitrogens is 1. The van der Waals surface area contributed by atoms with Crippen LogP contribution in [-0.4, -0.2) is 10.8 Å². The summed E-state index contributed by atoms with van der Waals surface area (Å²) in [6, 6.07) is 39.1. The van der Waals surface area contributed by atoms with E-state index < -0.39 is 0 Å². The van der Waals surface area contributed by atoms with Crippen LogP contribution in [0.2, 0.25) is 0 Å². The Morgan fingerprint density at radius 2 is 0.878 bits per heavy atom. The van der Waals surface area contributed by atoms with Crippen molar-refractivity contribution in [2.24, 2.45) is 5.92 Å². The van der Waals surface area contributed by atoms with Crippen molar-refractivity contribution >= 4 is 16.6 Å². The molecule has 0 aliphatic carbocycles. The first-order valence-electron chi connectivity index (χ1n) is 18.1. The molecule has 0 saturated heterocycles. The Balaban J connectivity index is -0.000000548. The molecule has 2 nitrogen and oxygen atoms in total. The van der Waals surface area contributed by atoms with Gasteiger partial charge < -0.3 is 0 Å². The maximum Gasteiger partial charge on any atom is 0.165 e. The summed E-state index contributed by atoms with van der Waals surface area (Å²) in [6.07, 6.45) is 3.66. The van der Waals surface area contributed by atoms with Crippen LogP contribution in [0.15, 0.2) is 128 Å². The molecule has 0 radical (unpaired) electrons. The van der Waals surface area contributed by atoms with Crippen molar-refractivity contribution in [1.29, 1.82) is 0 Å². The van der Waals surface area contributed by atoms with E-state index in [9.17, 15) is 4.79 Å². The number of nitrogens with zero attached hydrogens (tertiary/aromatic N) is 1. The Bertz CT molecular complexity index is 1370. The molecule has 0 aliphatic rings. The normalized spacial score (nSPS) is 9.27. The van der Waals surface area contributed by atoms with Gasteiger partial charge in [-0.3, -0.25) is 9.78 Å². The Morgan fingerprint density at radius 1 is 0.469 bits per heavy atom. The van der Waals surface area contributed by atoms with E-state index in [1.807, 2.05) is 116 Å². The highest BCUT2D eigenvalue weighted by Gasteiger charge is 2.08. The minimum Gasteiger partial charge on any atom is -0.294 e. The molecule has 5 aromatic rings. The molecular formula is C47H71NO. The molecule has 1 aromatic heterocycles. The highest BCUT2D eigenvalue weighted by atomic mass is 16.1. The van der Waals surface area contributed by atoms with E-state index in [1.54, 1.807) is 0 Å². The molecule has 5 rings (SSSR count). The van der Waals surface area contributed by atoms with Gasteiger partial charge in [0.05, 0.1) is 0 Å². The van der Waals surface area contributed by atoms with Crippen LogP contribution in [0.25, 0.3) is 10.8 Å². The first-order valence-corrected chi connectivity index (χ1v) is 18.1. The van der Waals surface area contributed by atoms with Crippen LogP contribution in [0.4, 0.5) is 0 Å². The summed E-state index contributed by atoms with van der Waals surface area (Å²) >= 11 is 0. The van der Waals surface area contributed by atoms with Crippen LogP contribution >= 0.6 is 0 Å². The van der Waals surface area contributed by atoms with Crippen molar-refractivity contribution in [3.8, 4) is 0 Å². The second-order valence-corrected chi connectivity index (χ2v) is 11.6. The maximum atomic E-state index is 11.3. The van der Waals surface area contributed by atoms with E-state index in [0.717, 1.165) is 5.56 Å². The first kappa shape index (κ1) is 49.3. The van der Waals surface area contributed by atoms with E-state index in [2.05, 4.69) is 113 Å². The molecule has 0 spiro atoms. The van der Waals surface area contributed by atoms with Crippen molar-refractivity contribution in [3.63, 3.8) is 0 Å². The second kappa shape index (κ2) is 31.2. The number of rotatable bonds is 5. The molecule has 270 valence electrons. The van der Waals surface area contributed by atoms with Gasteiger partial charge in [0.2, 0.25) is 0 Å². The molecule has 49 heavy (non-hydrogen) atoms. The van der Waals surface area contributed by atoms with Gasteiger partial charge in [0.1, 0.15) is 0 Å². The number of fused-ring (bicyclic) bond motifs is 1. The van der Waals surface area contributed by atoms with Crippen molar-refractivity contribution < 1.29 is 4.79 Å². The summed E-state index contributed by atoms with van der Waals surface area (Å²) in [5.41, 5.74) is 5.02. The lowest BCUT2D eigenvalue weighted by Crippen LogP contribution is -2.06. The van der Waals surface area contributed by atoms with Gasteiger partial charge in [-0.05, 0) is 57.3 Å². The summed E-state index contributed by atoms with van der Waals surface area (Å²) in [4.78, 5) is 15.3. The number of carbonyl (C=O) groups excluding carboxylic acids is 1. The highest BCUT2D eigenvalue weighted by molar-refractivity contribution is 5.97. The van der Waals surface area contributed by atoms with E-state index in [0.29, 0.717) is 17.8 Å². The number of benzene rings is 4. The number of Topliss-reactive ketones (excluding diaryl/α,β-unsaturated/α-hetero) is 1. The van der Waals surface area contributed by atoms with Crippen LogP contribution < -0.4 is 0 Å². The third kappa shape index (κ3) is 20.8. The minimum atomic E-state index is 0. The fourth-order valence-electron chi connectivity index (χ4n) is 4.28. The molecule has 0 saturated carbocycles. The van der Waals surface area contributed by atoms with Gasteiger partial charge in [-0.25, -0.2) is 0 Å². The van der Waals surface area contributed by atoms with Gasteiger partial charge in [0.15, 0.2) is 5.78 Å². The predicted octanol–water partition coefficient (Wildman–Crippen LogP) is 15.2. The van der Waals surface area contributed by atoms with Gasteiger partial charge in [-0.2, -0.15) is 0 Å². The van der Waals surface area contributed by atoms with Gasteiger partial charge in [-0.1, -0.05) is 207 Å². The van der Waals surface area contributed by atoms with Gasteiger partial charge >= 0.3 is 0 Å². The molecule has 4 aromatic carbocycles. The number of carbonyl (C=O) groups is 1. The van der Waals surface area contributed by atoms with Crippen LogP contribution in [0, 0.1) is 5.92 Å². The minimum absolute atomic E-state index is 0. The predicted molar refractivity (Wildman–Crippen MR) is 223 cm³/mol.